The first-order chi connectivity index (χ1) is 18.9. The largest absolute Gasteiger partial charge is 0.321 e. The predicted octanol–water partition coefficient (Wildman–Crippen LogP) is 4.33. The molecule has 0 radical (unpaired) electrons. The number of nitrogens with one attached hydrogen (secondary N) is 1. The maximum absolute atomic E-state index is 13.9. The second kappa shape index (κ2) is 10.5. The van der Waals surface area contributed by atoms with Gasteiger partial charge in [-0.05, 0) is 36.2 Å². The summed E-state index contributed by atoms with van der Waals surface area (Å²) in [6.07, 6.45) is 0.941. The molecular weight excluding hydrogens is 562 g/mol. The van der Waals surface area contributed by atoms with Crippen molar-refractivity contribution in [1.29, 1.82) is 0 Å². The Morgan fingerprint density at radius 1 is 1.05 bits per heavy atom. The van der Waals surface area contributed by atoms with E-state index in [1.807, 2.05) is 6.07 Å². The fourth-order valence-corrected chi connectivity index (χ4v) is 5.34. The maximum Gasteiger partial charge on any atom is 0.258 e. The van der Waals surface area contributed by atoms with Crippen molar-refractivity contribution >= 4 is 38.3 Å². The predicted molar refractivity (Wildman–Crippen MR) is 150 cm³/mol. The molecule has 3 aromatic carbocycles. The number of fused-ring (bicyclic) bond motifs is 1. The highest BCUT2D eigenvalue weighted by atomic mass is 35.5. The third-order valence-corrected chi connectivity index (χ3v) is 7.04. The van der Waals surface area contributed by atoms with Crippen molar-refractivity contribution in [3.63, 3.8) is 0 Å². The van der Waals surface area contributed by atoms with Gasteiger partial charge in [0, 0.05) is 24.7 Å². The van der Waals surface area contributed by atoms with Gasteiger partial charge >= 0.3 is 0 Å². The van der Waals surface area contributed by atoms with Gasteiger partial charge in [-0.25, -0.2) is 22.2 Å². The van der Waals surface area contributed by atoms with Crippen molar-refractivity contribution in [2.75, 3.05) is 11.0 Å². The van der Waals surface area contributed by atoms with Crippen molar-refractivity contribution in [1.82, 2.24) is 19.3 Å². The summed E-state index contributed by atoms with van der Waals surface area (Å²) >= 11 is 6.46. The fourth-order valence-electron chi connectivity index (χ4n) is 4.61. The lowest BCUT2D eigenvalue weighted by Crippen LogP contribution is -2.29. The molecular formula is C27H23ClF2N6O3S. The molecule has 0 spiro atoms. The van der Waals surface area contributed by atoms with Crippen molar-refractivity contribution in [3.05, 3.63) is 105 Å². The average molecular weight is 585 g/mol. The van der Waals surface area contributed by atoms with E-state index >= 15 is 0 Å². The molecule has 0 amide bonds. The van der Waals surface area contributed by atoms with E-state index in [4.69, 9.17) is 22.3 Å². The molecule has 0 saturated heterocycles. The monoisotopic (exact) mass is 584 g/mol. The van der Waals surface area contributed by atoms with Gasteiger partial charge in [0.25, 0.3) is 5.56 Å². The number of benzene rings is 3. The number of aryl methyl sites for hydroxylation is 1. The molecule has 40 heavy (non-hydrogen) atoms. The van der Waals surface area contributed by atoms with Crippen LogP contribution in [0.25, 0.3) is 27.8 Å². The van der Waals surface area contributed by atoms with Crippen LogP contribution in [0.15, 0.2) is 71.5 Å². The number of halogens is 3. The standard InChI is InChI=1S/C27H23ClF2N6O3S/c1-35-25-22(9-8-19(28)24(25)26(33-35)34-40(2,38)39)36-23(37)14-21(16-6-4-3-5-7-16)32-27(36)20(31)12-15-10-17(29)13-18(30)11-15/h3-11,13-14,20H,12,31H2,1-2H3,(H,33,34)/t20-/m0/s1. The van der Waals surface area contributed by atoms with Crippen molar-refractivity contribution in [3.8, 4) is 16.9 Å². The van der Waals surface area contributed by atoms with Crippen LogP contribution >= 0.6 is 11.6 Å². The first-order valence-electron chi connectivity index (χ1n) is 11.9. The molecule has 0 aliphatic carbocycles. The smallest absolute Gasteiger partial charge is 0.258 e. The Morgan fingerprint density at radius 2 is 1.73 bits per heavy atom. The Labute approximate surface area is 232 Å². The molecule has 0 aliphatic heterocycles. The number of nitrogens with two attached hydrogens (primary N) is 1. The van der Waals surface area contributed by atoms with E-state index in [1.54, 1.807) is 37.4 Å². The van der Waals surface area contributed by atoms with E-state index in [2.05, 4.69) is 9.82 Å². The SMILES string of the molecule is Cn1nc(NS(C)(=O)=O)c2c(Cl)ccc(-n3c([C@@H](N)Cc4cc(F)cc(F)c4)nc(-c4ccccc4)cc3=O)c21. The Balaban J connectivity index is 1.76. The van der Waals surface area contributed by atoms with E-state index in [0.717, 1.165) is 24.5 Å². The lowest BCUT2D eigenvalue weighted by atomic mass is 10.0. The number of hydrogen-bond donors (Lipinski definition) is 2. The summed E-state index contributed by atoms with van der Waals surface area (Å²) in [5.74, 6) is -1.43. The molecule has 0 aliphatic rings. The zero-order valence-corrected chi connectivity index (χ0v) is 22.8. The van der Waals surface area contributed by atoms with Gasteiger partial charge in [-0.1, -0.05) is 41.9 Å². The molecule has 2 heterocycles. The molecule has 9 nitrogen and oxygen atoms in total. The number of aromatic nitrogens is 4. The summed E-state index contributed by atoms with van der Waals surface area (Å²) in [5, 5.41) is 4.73. The van der Waals surface area contributed by atoms with Gasteiger partial charge in [0.1, 0.15) is 17.5 Å². The minimum absolute atomic E-state index is 0.0187. The number of hydrogen-bond acceptors (Lipinski definition) is 6. The minimum Gasteiger partial charge on any atom is -0.321 e. The third kappa shape index (κ3) is 5.46. The van der Waals surface area contributed by atoms with Crippen LogP contribution in [0.3, 0.4) is 0 Å². The summed E-state index contributed by atoms with van der Waals surface area (Å²) < 4.78 is 56.8. The second-order valence-corrected chi connectivity index (χ2v) is 11.4. The number of nitrogens with zero attached hydrogens (tertiary/aromatic N) is 4. The van der Waals surface area contributed by atoms with Gasteiger partial charge in [-0.2, -0.15) is 5.10 Å². The van der Waals surface area contributed by atoms with Gasteiger partial charge in [0.15, 0.2) is 5.82 Å². The van der Waals surface area contributed by atoms with Crippen molar-refractivity contribution < 1.29 is 17.2 Å². The van der Waals surface area contributed by atoms with Crippen LogP contribution in [0.5, 0.6) is 0 Å². The first kappa shape index (κ1) is 27.4. The van der Waals surface area contributed by atoms with Gasteiger partial charge in [0.2, 0.25) is 10.0 Å². The second-order valence-electron chi connectivity index (χ2n) is 9.26. The quantitative estimate of drug-likeness (QED) is 0.293. The number of sulfonamides is 1. The van der Waals surface area contributed by atoms with E-state index in [9.17, 15) is 22.0 Å². The van der Waals surface area contributed by atoms with E-state index in [1.165, 1.54) is 21.4 Å². The fraction of sp³-hybridized carbons (Fsp3) is 0.148. The molecule has 0 fully saturated rings. The lowest BCUT2D eigenvalue weighted by molar-refractivity contribution is 0.572. The van der Waals surface area contributed by atoms with Gasteiger partial charge in [0.05, 0.1) is 39.6 Å². The zero-order chi connectivity index (χ0) is 28.8. The summed E-state index contributed by atoms with van der Waals surface area (Å²) in [5.41, 5.74) is 7.99. The van der Waals surface area contributed by atoms with E-state index < -0.39 is 33.3 Å². The number of rotatable bonds is 7. The highest BCUT2D eigenvalue weighted by molar-refractivity contribution is 7.92. The average Bonchev–Trinajstić information content (AvgIpc) is 3.19. The Bertz CT molecular complexity index is 1910. The Morgan fingerprint density at radius 3 is 2.38 bits per heavy atom. The van der Waals surface area contributed by atoms with Gasteiger partial charge in [-0.3, -0.25) is 18.8 Å². The van der Waals surface area contributed by atoms with Crippen molar-refractivity contribution in [2.24, 2.45) is 12.8 Å². The summed E-state index contributed by atoms with van der Waals surface area (Å²) in [7, 11) is -2.13. The molecule has 3 N–H and O–H groups in total. The van der Waals surface area contributed by atoms with Crippen LogP contribution in [0.1, 0.15) is 17.4 Å². The maximum atomic E-state index is 13.9. The van der Waals surface area contributed by atoms with Gasteiger partial charge < -0.3 is 5.73 Å². The van der Waals surface area contributed by atoms with Crippen molar-refractivity contribution in [2.45, 2.75) is 12.5 Å². The van der Waals surface area contributed by atoms with Crippen LogP contribution in [0.2, 0.25) is 5.02 Å². The van der Waals surface area contributed by atoms with Crippen LogP contribution in [0.4, 0.5) is 14.6 Å². The minimum atomic E-state index is -3.70. The lowest BCUT2D eigenvalue weighted by Gasteiger charge is -2.20. The number of anilines is 1. The van der Waals surface area contributed by atoms with E-state index in [-0.39, 0.29) is 39.7 Å². The van der Waals surface area contributed by atoms with Crippen LogP contribution < -0.4 is 16.0 Å². The van der Waals surface area contributed by atoms with Crippen LogP contribution in [-0.2, 0) is 23.5 Å². The summed E-state index contributed by atoms with van der Waals surface area (Å²) in [4.78, 5) is 18.5. The van der Waals surface area contributed by atoms with Crippen LogP contribution in [-0.4, -0.2) is 34.0 Å². The summed E-state index contributed by atoms with van der Waals surface area (Å²) in [6.45, 7) is 0. The molecule has 13 heteroatoms. The molecule has 5 rings (SSSR count). The highest BCUT2D eigenvalue weighted by Gasteiger charge is 2.24. The Hall–Kier alpha value is -4.13. The van der Waals surface area contributed by atoms with E-state index in [0.29, 0.717) is 16.8 Å². The van der Waals surface area contributed by atoms with Gasteiger partial charge in [-0.15, -0.1) is 0 Å². The van der Waals surface area contributed by atoms with Crippen LogP contribution in [0, 0.1) is 11.6 Å². The normalized spacial score (nSPS) is 12.6. The first-order valence-corrected chi connectivity index (χ1v) is 14.2. The molecule has 2 aromatic heterocycles. The highest BCUT2D eigenvalue weighted by Crippen LogP contribution is 2.35. The topological polar surface area (TPSA) is 125 Å². The third-order valence-electron chi connectivity index (χ3n) is 6.16. The summed E-state index contributed by atoms with van der Waals surface area (Å²) in [6, 6.07) is 15.5. The molecule has 0 unspecified atom stereocenters. The molecule has 206 valence electrons. The zero-order valence-electron chi connectivity index (χ0n) is 21.3. The molecule has 1 atom stereocenters. The molecule has 0 saturated carbocycles. The molecule has 0 bridgehead atoms. The molecule has 5 aromatic rings. The Kier molecular flexibility index (Phi) is 7.17.